The van der Waals surface area contributed by atoms with E-state index >= 15 is 0 Å². The molecule has 0 saturated heterocycles. The number of carboxylic acid groups (broad SMARTS) is 1. The molecule has 1 aromatic rings. The summed E-state index contributed by atoms with van der Waals surface area (Å²) in [5.41, 5.74) is 0.274. The first-order valence-corrected chi connectivity index (χ1v) is 5.83. The Kier molecular flexibility index (Phi) is 5.32. The molecule has 0 radical (unpaired) electrons. The zero-order chi connectivity index (χ0) is 14.4. The molecule has 1 rings (SSSR count). The minimum Gasteiger partial charge on any atom is -0.548 e. The quantitative estimate of drug-likeness (QED) is 0.710. The molecule has 0 unspecified atom stereocenters. The van der Waals surface area contributed by atoms with Crippen molar-refractivity contribution in [2.75, 3.05) is 6.61 Å². The molecule has 0 aromatic heterocycles. The van der Waals surface area contributed by atoms with Crippen molar-refractivity contribution in [3.05, 3.63) is 29.8 Å². The molecule has 6 heteroatoms. The highest BCUT2D eigenvalue weighted by atomic mass is 16.5. The van der Waals surface area contributed by atoms with Crippen molar-refractivity contribution < 1.29 is 24.5 Å². The van der Waals surface area contributed by atoms with Crippen LogP contribution in [0.25, 0.3) is 0 Å². The summed E-state index contributed by atoms with van der Waals surface area (Å²) in [6, 6.07) is 4.83. The van der Waals surface area contributed by atoms with E-state index in [4.69, 9.17) is 9.84 Å². The number of carbonyl (C=O) groups excluding carboxylic acids is 2. The summed E-state index contributed by atoms with van der Waals surface area (Å²) in [6.45, 7) is 3.04. The number of carbonyl (C=O) groups is 2. The zero-order valence-electron chi connectivity index (χ0n) is 10.8. The predicted molar refractivity (Wildman–Crippen MR) is 65.6 cm³/mol. The van der Waals surface area contributed by atoms with Crippen LogP contribution in [0.15, 0.2) is 24.3 Å². The number of hydrogen-bond acceptors (Lipinski definition) is 5. The molecular formula is C13H16NO5-. The van der Waals surface area contributed by atoms with Crippen LogP contribution >= 0.6 is 0 Å². The highest BCUT2D eigenvalue weighted by Gasteiger charge is 2.13. The van der Waals surface area contributed by atoms with Crippen LogP contribution in [0.4, 0.5) is 0 Å². The third kappa shape index (κ3) is 4.59. The summed E-state index contributed by atoms with van der Waals surface area (Å²) >= 11 is 0. The molecule has 0 heterocycles. The largest absolute Gasteiger partial charge is 0.548 e. The van der Waals surface area contributed by atoms with Gasteiger partial charge in [0.15, 0.2) is 0 Å². The van der Waals surface area contributed by atoms with Gasteiger partial charge in [0.05, 0.1) is 24.7 Å². The lowest BCUT2D eigenvalue weighted by Gasteiger charge is -2.17. The number of aliphatic carboxylic acids is 1. The van der Waals surface area contributed by atoms with Gasteiger partial charge >= 0.3 is 0 Å². The van der Waals surface area contributed by atoms with Crippen molar-refractivity contribution in [2.45, 2.75) is 26.0 Å². The van der Waals surface area contributed by atoms with E-state index in [0.717, 1.165) is 0 Å². The van der Waals surface area contributed by atoms with Gasteiger partial charge in [-0.1, -0.05) is 0 Å². The molecule has 0 bridgehead atoms. The van der Waals surface area contributed by atoms with Crippen molar-refractivity contribution in [3.63, 3.8) is 0 Å². The van der Waals surface area contributed by atoms with Gasteiger partial charge in [-0.25, -0.2) is 0 Å². The fraction of sp³-hybridized carbons (Fsp3) is 0.385. The Morgan fingerprint density at radius 3 is 2.32 bits per heavy atom. The van der Waals surface area contributed by atoms with E-state index < -0.39 is 24.5 Å². The van der Waals surface area contributed by atoms with E-state index in [9.17, 15) is 14.7 Å². The fourth-order valence-electron chi connectivity index (χ4n) is 1.38. The van der Waals surface area contributed by atoms with E-state index in [-0.39, 0.29) is 11.7 Å². The van der Waals surface area contributed by atoms with Crippen molar-refractivity contribution in [1.29, 1.82) is 0 Å². The molecule has 1 atom stereocenters. The lowest BCUT2D eigenvalue weighted by atomic mass is 10.2. The molecule has 6 nitrogen and oxygen atoms in total. The second kappa shape index (κ2) is 6.75. The van der Waals surface area contributed by atoms with Crippen molar-refractivity contribution in [3.8, 4) is 5.75 Å². The highest BCUT2D eigenvalue weighted by molar-refractivity contribution is 5.96. The van der Waals surface area contributed by atoms with Crippen LogP contribution in [-0.4, -0.2) is 35.7 Å². The summed E-state index contributed by atoms with van der Waals surface area (Å²) in [5.74, 6) is -1.51. The van der Waals surface area contributed by atoms with Gasteiger partial charge in [-0.3, -0.25) is 4.79 Å². The SMILES string of the molecule is CC(C)Oc1ccc(C(=O)N[C@H](CO)C(=O)[O-])cc1. The Balaban J connectivity index is 2.70. The molecule has 104 valence electrons. The Bertz CT molecular complexity index is 441. The molecule has 19 heavy (non-hydrogen) atoms. The Hall–Kier alpha value is -2.08. The minimum atomic E-state index is -1.53. The number of aliphatic hydroxyl groups excluding tert-OH is 1. The average Bonchev–Trinajstić information content (AvgIpc) is 2.35. The highest BCUT2D eigenvalue weighted by Crippen LogP contribution is 2.13. The van der Waals surface area contributed by atoms with Gasteiger partial charge in [-0.05, 0) is 38.1 Å². The van der Waals surface area contributed by atoms with E-state index in [2.05, 4.69) is 5.32 Å². The average molecular weight is 266 g/mol. The summed E-state index contributed by atoms with van der Waals surface area (Å²) in [4.78, 5) is 22.3. The number of amides is 1. The van der Waals surface area contributed by atoms with Gasteiger partial charge in [0, 0.05) is 5.56 Å². The van der Waals surface area contributed by atoms with Crippen molar-refractivity contribution in [1.82, 2.24) is 5.32 Å². The number of carboxylic acids is 1. The molecular weight excluding hydrogens is 250 g/mol. The molecule has 0 saturated carbocycles. The van der Waals surface area contributed by atoms with Gasteiger partial charge in [0.1, 0.15) is 5.75 Å². The number of benzene rings is 1. The topological polar surface area (TPSA) is 98.7 Å². The third-order valence-corrected chi connectivity index (χ3v) is 2.26. The summed E-state index contributed by atoms with van der Waals surface area (Å²) in [7, 11) is 0. The van der Waals surface area contributed by atoms with E-state index in [1.807, 2.05) is 13.8 Å². The lowest BCUT2D eigenvalue weighted by Crippen LogP contribution is -2.50. The maximum Gasteiger partial charge on any atom is 0.251 e. The van der Waals surface area contributed by atoms with Crippen LogP contribution in [0.3, 0.4) is 0 Å². The lowest BCUT2D eigenvalue weighted by molar-refractivity contribution is -0.308. The third-order valence-electron chi connectivity index (χ3n) is 2.26. The molecule has 1 aromatic carbocycles. The maximum atomic E-state index is 11.7. The zero-order valence-corrected chi connectivity index (χ0v) is 10.8. The molecule has 0 aliphatic carbocycles. The van der Waals surface area contributed by atoms with Crippen LogP contribution in [0.2, 0.25) is 0 Å². The van der Waals surface area contributed by atoms with Crippen LogP contribution in [0.5, 0.6) is 5.75 Å². The van der Waals surface area contributed by atoms with Crippen LogP contribution in [0, 0.1) is 0 Å². The van der Waals surface area contributed by atoms with Gasteiger partial charge in [0.2, 0.25) is 0 Å². The van der Waals surface area contributed by atoms with E-state index in [1.165, 1.54) is 12.1 Å². The Morgan fingerprint density at radius 1 is 1.32 bits per heavy atom. The van der Waals surface area contributed by atoms with Gasteiger partial charge in [0.25, 0.3) is 5.91 Å². The summed E-state index contributed by atoms with van der Waals surface area (Å²) in [5, 5.41) is 21.5. The number of nitrogens with one attached hydrogen (secondary N) is 1. The summed E-state index contributed by atoms with van der Waals surface area (Å²) < 4.78 is 5.41. The second-order valence-electron chi connectivity index (χ2n) is 4.22. The molecule has 0 aliphatic rings. The Morgan fingerprint density at radius 2 is 1.89 bits per heavy atom. The fourth-order valence-corrected chi connectivity index (χ4v) is 1.38. The van der Waals surface area contributed by atoms with Crippen LogP contribution < -0.4 is 15.2 Å². The van der Waals surface area contributed by atoms with E-state index in [0.29, 0.717) is 5.75 Å². The number of ether oxygens (including phenoxy) is 1. The second-order valence-corrected chi connectivity index (χ2v) is 4.22. The first-order valence-electron chi connectivity index (χ1n) is 5.83. The minimum absolute atomic E-state index is 0.0246. The number of aliphatic hydroxyl groups is 1. The van der Waals surface area contributed by atoms with Gasteiger partial charge in [-0.15, -0.1) is 0 Å². The number of hydrogen-bond donors (Lipinski definition) is 2. The Labute approximate surface area is 111 Å². The molecule has 0 aliphatic heterocycles. The van der Waals surface area contributed by atoms with Crippen LogP contribution in [-0.2, 0) is 4.79 Å². The van der Waals surface area contributed by atoms with Gasteiger partial charge in [-0.2, -0.15) is 0 Å². The van der Waals surface area contributed by atoms with Gasteiger partial charge < -0.3 is 25.1 Å². The standard InChI is InChI=1S/C13H17NO5/c1-8(2)19-10-5-3-9(4-6-10)12(16)14-11(7-15)13(17)18/h3-6,8,11,15H,7H2,1-2H3,(H,14,16)(H,17,18)/p-1/t11-/m1/s1. The van der Waals surface area contributed by atoms with Crippen molar-refractivity contribution in [2.24, 2.45) is 0 Å². The number of rotatable bonds is 6. The van der Waals surface area contributed by atoms with Crippen molar-refractivity contribution >= 4 is 11.9 Å². The first-order chi connectivity index (χ1) is 8.93. The molecule has 0 fully saturated rings. The molecule has 1 amide bonds. The van der Waals surface area contributed by atoms with E-state index in [1.54, 1.807) is 12.1 Å². The first kappa shape index (κ1) is 15.0. The monoisotopic (exact) mass is 266 g/mol. The summed E-state index contributed by atoms with van der Waals surface area (Å²) in [6.07, 6.45) is 0.0246. The smallest absolute Gasteiger partial charge is 0.251 e. The molecule has 0 spiro atoms. The maximum absolute atomic E-state index is 11.7. The molecule has 2 N–H and O–H groups in total. The normalized spacial score (nSPS) is 12.0. The van der Waals surface area contributed by atoms with Crippen LogP contribution in [0.1, 0.15) is 24.2 Å². The predicted octanol–water partition coefficient (Wildman–Crippen LogP) is -0.686.